The Morgan fingerprint density at radius 1 is 1.13 bits per heavy atom. The fourth-order valence-corrected chi connectivity index (χ4v) is 5.57. The average Bonchev–Trinajstić information content (AvgIpc) is 3.28. The molecule has 7 heteroatoms. The summed E-state index contributed by atoms with van der Waals surface area (Å²) in [6, 6.07) is 15.8. The Morgan fingerprint density at radius 3 is 2.58 bits per heavy atom. The first-order valence-electron chi connectivity index (χ1n) is 11.0. The molecule has 31 heavy (non-hydrogen) atoms. The van der Waals surface area contributed by atoms with Gasteiger partial charge in [0.15, 0.2) is 0 Å². The molecule has 3 aromatic rings. The maximum atomic E-state index is 13.5. The number of carbonyl (C=O) groups is 1. The van der Waals surface area contributed by atoms with Crippen LogP contribution in [0.4, 0.5) is 9.18 Å². The molecule has 5 rings (SSSR count). The van der Waals surface area contributed by atoms with Gasteiger partial charge in [0.1, 0.15) is 5.82 Å². The van der Waals surface area contributed by atoms with Crippen molar-refractivity contribution in [2.24, 2.45) is 0 Å². The van der Waals surface area contributed by atoms with E-state index in [1.165, 1.54) is 25.0 Å². The van der Waals surface area contributed by atoms with Crippen LogP contribution < -0.4 is 5.32 Å². The Kier molecular flexibility index (Phi) is 5.36. The summed E-state index contributed by atoms with van der Waals surface area (Å²) in [6.45, 7) is 0.873. The van der Waals surface area contributed by atoms with E-state index in [-0.39, 0.29) is 11.9 Å². The van der Waals surface area contributed by atoms with Crippen LogP contribution in [0.15, 0.2) is 54.9 Å². The van der Waals surface area contributed by atoms with Gasteiger partial charge >= 0.3 is 6.09 Å². The molecule has 1 aromatic heterocycles. The van der Waals surface area contributed by atoms with Crippen LogP contribution in [0.3, 0.4) is 0 Å². The number of aromatic nitrogens is 2. The maximum Gasteiger partial charge on any atom is 0.405 e. The number of nitrogens with one attached hydrogen (secondary N) is 1. The summed E-state index contributed by atoms with van der Waals surface area (Å²) in [6.07, 6.45) is 6.05. The van der Waals surface area contributed by atoms with E-state index >= 15 is 0 Å². The van der Waals surface area contributed by atoms with E-state index in [1.807, 2.05) is 42.7 Å². The molecule has 2 aliphatic rings. The Morgan fingerprint density at radius 2 is 1.87 bits per heavy atom. The van der Waals surface area contributed by atoms with E-state index in [0.29, 0.717) is 23.6 Å². The van der Waals surface area contributed by atoms with Crippen molar-refractivity contribution >= 4 is 17.1 Å². The van der Waals surface area contributed by atoms with Crippen LogP contribution in [0.25, 0.3) is 11.0 Å². The van der Waals surface area contributed by atoms with Gasteiger partial charge in [-0.3, -0.25) is 4.90 Å². The van der Waals surface area contributed by atoms with Crippen molar-refractivity contribution in [2.75, 3.05) is 6.54 Å². The second kappa shape index (κ2) is 8.30. The summed E-state index contributed by atoms with van der Waals surface area (Å²) in [7, 11) is 0. The Hall–Kier alpha value is -2.93. The third kappa shape index (κ3) is 4.02. The van der Waals surface area contributed by atoms with E-state index in [4.69, 9.17) is 0 Å². The second-order valence-corrected chi connectivity index (χ2v) is 8.73. The summed E-state index contributed by atoms with van der Waals surface area (Å²) in [5.74, 6) is -0.254. The number of amides is 1. The molecular formula is C24H27FN4O2. The van der Waals surface area contributed by atoms with Crippen LogP contribution in [0.1, 0.15) is 49.8 Å². The first-order valence-corrected chi connectivity index (χ1v) is 11.0. The fourth-order valence-electron chi connectivity index (χ4n) is 5.57. The molecule has 4 atom stereocenters. The van der Waals surface area contributed by atoms with Crippen molar-refractivity contribution in [3.05, 3.63) is 66.2 Å². The van der Waals surface area contributed by atoms with Gasteiger partial charge in [-0.25, -0.2) is 14.2 Å². The van der Waals surface area contributed by atoms with Gasteiger partial charge < -0.3 is 15.0 Å². The summed E-state index contributed by atoms with van der Waals surface area (Å²) < 4.78 is 15.7. The molecule has 2 aromatic carbocycles. The zero-order valence-corrected chi connectivity index (χ0v) is 17.3. The van der Waals surface area contributed by atoms with Crippen LogP contribution in [0.5, 0.6) is 0 Å². The molecule has 1 amide bonds. The minimum Gasteiger partial charge on any atom is -0.465 e. The minimum atomic E-state index is -0.987. The monoisotopic (exact) mass is 422 g/mol. The summed E-state index contributed by atoms with van der Waals surface area (Å²) in [4.78, 5) is 18.3. The van der Waals surface area contributed by atoms with Crippen LogP contribution in [0, 0.1) is 5.82 Å². The molecule has 0 spiro atoms. The topological polar surface area (TPSA) is 70.4 Å². The Balaban J connectivity index is 1.28. The number of imidazole rings is 1. The highest BCUT2D eigenvalue weighted by Gasteiger charge is 2.41. The van der Waals surface area contributed by atoms with E-state index < -0.39 is 6.09 Å². The van der Waals surface area contributed by atoms with Crippen molar-refractivity contribution in [2.45, 2.75) is 56.3 Å². The lowest BCUT2D eigenvalue weighted by atomic mass is 9.95. The molecule has 3 heterocycles. The number of halogens is 1. The summed E-state index contributed by atoms with van der Waals surface area (Å²) >= 11 is 0. The van der Waals surface area contributed by atoms with E-state index in [9.17, 15) is 14.3 Å². The van der Waals surface area contributed by atoms with Crippen LogP contribution in [0.2, 0.25) is 0 Å². The molecule has 2 saturated heterocycles. The van der Waals surface area contributed by atoms with E-state index in [2.05, 4.69) is 19.8 Å². The van der Waals surface area contributed by atoms with Crippen molar-refractivity contribution in [3.63, 3.8) is 0 Å². The zero-order valence-electron chi connectivity index (χ0n) is 17.3. The normalized spacial score (nSPS) is 24.4. The molecule has 2 aliphatic heterocycles. The predicted octanol–water partition coefficient (Wildman–Crippen LogP) is 4.74. The number of hydrogen-bond donors (Lipinski definition) is 2. The van der Waals surface area contributed by atoms with Gasteiger partial charge in [-0.1, -0.05) is 30.3 Å². The lowest BCUT2D eigenvalue weighted by molar-refractivity contribution is 0.103. The van der Waals surface area contributed by atoms with Crippen LogP contribution in [-0.2, 0) is 0 Å². The van der Waals surface area contributed by atoms with Crippen molar-refractivity contribution in [1.82, 2.24) is 19.8 Å². The number of hydrogen-bond acceptors (Lipinski definition) is 3. The van der Waals surface area contributed by atoms with Crippen molar-refractivity contribution in [1.29, 1.82) is 0 Å². The lowest BCUT2D eigenvalue weighted by Gasteiger charge is -2.40. The highest BCUT2D eigenvalue weighted by Crippen LogP contribution is 2.42. The third-order valence-corrected chi connectivity index (χ3v) is 6.97. The van der Waals surface area contributed by atoms with Gasteiger partial charge in [-0.2, -0.15) is 0 Å². The van der Waals surface area contributed by atoms with Gasteiger partial charge in [-0.05, 0) is 49.8 Å². The minimum absolute atomic E-state index is 0.205. The number of carboxylic acid groups (broad SMARTS) is 1. The molecule has 2 fully saturated rings. The van der Waals surface area contributed by atoms with Crippen LogP contribution >= 0.6 is 0 Å². The SMILES string of the molecule is O=C(O)N[C@@H](CCN1[C@@H]2CC[C@H]1C[C@H](n1cnc3cc(F)ccc31)C2)c1ccccc1. The van der Waals surface area contributed by atoms with Crippen molar-refractivity contribution < 1.29 is 14.3 Å². The summed E-state index contributed by atoms with van der Waals surface area (Å²) in [5, 5.41) is 12.0. The molecule has 2 N–H and O–H groups in total. The molecule has 6 nitrogen and oxygen atoms in total. The number of benzene rings is 2. The van der Waals surface area contributed by atoms with Crippen LogP contribution in [-0.4, -0.2) is 44.3 Å². The first kappa shape index (κ1) is 20.0. The molecule has 2 bridgehead atoms. The quantitative estimate of drug-likeness (QED) is 0.602. The molecule has 0 radical (unpaired) electrons. The lowest BCUT2D eigenvalue weighted by Crippen LogP contribution is -2.44. The second-order valence-electron chi connectivity index (χ2n) is 8.73. The number of rotatable bonds is 6. The molecule has 0 saturated carbocycles. The predicted molar refractivity (Wildman–Crippen MR) is 116 cm³/mol. The first-order chi connectivity index (χ1) is 15.1. The molecular weight excluding hydrogens is 395 g/mol. The Labute approximate surface area is 180 Å². The Bertz CT molecular complexity index is 1060. The maximum absolute atomic E-state index is 13.5. The average molecular weight is 423 g/mol. The standard InChI is InChI=1S/C24H27FN4O2/c25-17-6-9-23-22(12-17)26-15-29(23)20-13-18-7-8-19(14-20)28(18)11-10-21(27-24(30)31)16-4-2-1-3-5-16/h1-6,9,12,15,18-21,27H,7-8,10-11,13-14H2,(H,30,31)/t18-,19+,20-,21-/m0/s1. The summed E-state index contributed by atoms with van der Waals surface area (Å²) in [5.41, 5.74) is 2.71. The third-order valence-electron chi connectivity index (χ3n) is 6.97. The number of piperidine rings is 1. The molecule has 0 unspecified atom stereocenters. The zero-order chi connectivity index (χ0) is 21.4. The smallest absolute Gasteiger partial charge is 0.405 e. The van der Waals surface area contributed by atoms with Gasteiger partial charge in [0, 0.05) is 30.7 Å². The number of nitrogens with zero attached hydrogens (tertiary/aromatic N) is 3. The van der Waals surface area contributed by atoms with Gasteiger partial charge in [-0.15, -0.1) is 0 Å². The van der Waals surface area contributed by atoms with E-state index in [1.54, 1.807) is 0 Å². The van der Waals surface area contributed by atoms with Crippen molar-refractivity contribution in [3.8, 4) is 0 Å². The number of fused-ring (bicyclic) bond motifs is 3. The van der Waals surface area contributed by atoms with Gasteiger partial charge in [0.25, 0.3) is 0 Å². The molecule has 162 valence electrons. The highest BCUT2D eigenvalue weighted by atomic mass is 19.1. The molecule has 0 aliphatic carbocycles. The fraction of sp³-hybridized carbons (Fsp3) is 0.417. The highest BCUT2D eigenvalue weighted by molar-refractivity contribution is 5.75. The van der Waals surface area contributed by atoms with Gasteiger partial charge in [0.2, 0.25) is 0 Å². The van der Waals surface area contributed by atoms with E-state index in [0.717, 1.165) is 36.9 Å². The van der Waals surface area contributed by atoms with Gasteiger partial charge in [0.05, 0.1) is 23.4 Å². The largest absolute Gasteiger partial charge is 0.465 e.